The maximum atomic E-state index is 12.6. The van der Waals surface area contributed by atoms with Gasteiger partial charge >= 0.3 is 5.97 Å². The highest BCUT2D eigenvalue weighted by molar-refractivity contribution is 5.96. The van der Waals surface area contributed by atoms with Crippen LogP contribution in [0.25, 0.3) is 0 Å². The summed E-state index contributed by atoms with van der Waals surface area (Å²) in [6.07, 6.45) is 0. The van der Waals surface area contributed by atoms with E-state index < -0.39 is 0 Å². The number of anilines is 1. The van der Waals surface area contributed by atoms with Crippen molar-refractivity contribution in [3.63, 3.8) is 0 Å². The Labute approximate surface area is 128 Å². The van der Waals surface area contributed by atoms with Crippen molar-refractivity contribution in [2.24, 2.45) is 11.8 Å². The van der Waals surface area contributed by atoms with Gasteiger partial charge in [0.15, 0.2) is 0 Å². The summed E-state index contributed by atoms with van der Waals surface area (Å²) >= 11 is 0. The van der Waals surface area contributed by atoms with E-state index in [0.717, 1.165) is 18.0 Å². The fraction of sp³-hybridized carbons (Fsp3) is 0.500. The average Bonchev–Trinajstić information content (AvgIpc) is 3.08. The third-order valence-electron chi connectivity index (χ3n) is 4.65. The Morgan fingerprint density at radius 3 is 2.95 bits per heavy atom. The van der Waals surface area contributed by atoms with Crippen molar-refractivity contribution >= 4 is 17.6 Å². The van der Waals surface area contributed by atoms with E-state index in [0.29, 0.717) is 32.8 Å². The normalized spacial score (nSPS) is 27.1. The number of esters is 1. The molecule has 1 aromatic rings. The van der Waals surface area contributed by atoms with Crippen molar-refractivity contribution in [1.29, 1.82) is 0 Å². The van der Waals surface area contributed by atoms with Crippen LogP contribution in [0.5, 0.6) is 5.75 Å². The first-order chi connectivity index (χ1) is 10.7. The molecular weight excluding hydrogens is 284 g/mol. The van der Waals surface area contributed by atoms with E-state index in [4.69, 9.17) is 9.47 Å². The lowest BCUT2D eigenvalue weighted by atomic mass is 10.0. The second-order valence-corrected chi connectivity index (χ2v) is 6.05. The number of fused-ring (bicyclic) bond motifs is 2. The molecule has 6 heteroatoms. The Bertz CT molecular complexity index is 618. The zero-order valence-corrected chi connectivity index (χ0v) is 12.2. The summed E-state index contributed by atoms with van der Waals surface area (Å²) in [5.74, 6) is 0.895. The molecule has 3 heterocycles. The van der Waals surface area contributed by atoms with E-state index in [1.165, 1.54) is 0 Å². The second-order valence-electron chi connectivity index (χ2n) is 6.05. The molecule has 3 aliphatic rings. The van der Waals surface area contributed by atoms with Crippen LogP contribution in [0.1, 0.15) is 0 Å². The number of carbonyl (C=O) groups excluding carboxylic acids is 2. The Hall–Kier alpha value is -2.08. The fourth-order valence-electron chi connectivity index (χ4n) is 3.53. The summed E-state index contributed by atoms with van der Waals surface area (Å²) in [6.45, 7) is 3.30. The molecule has 0 bridgehead atoms. The zero-order chi connectivity index (χ0) is 15.1. The van der Waals surface area contributed by atoms with E-state index in [2.05, 4.69) is 4.90 Å². The molecule has 1 aromatic carbocycles. The van der Waals surface area contributed by atoms with E-state index in [1.807, 2.05) is 24.3 Å². The minimum atomic E-state index is -0.114. The molecule has 2 fully saturated rings. The number of cyclic esters (lactones) is 1. The number of amides is 1. The van der Waals surface area contributed by atoms with Crippen LogP contribution >= 0.6 is 0 Å². The minimum absolute atomic E-state index is 0.0511. The molecule has 0 aliphatic carbocycles. The van der Waals surface area contributed by atoms with Crippen LogP contribution < -0.4 is 9.64 Å². The highest BCUT2D eigenvalue weighted by Gasteiger charge is 2.44. The maximum Gasteiger partial charge on any atom is 0.310 e. The van der Waals surface area contributed by atoms with E-state index in [-0.39, 0.29) is 23.7 Å². The second kappa shape index (κ2) is 5.28. The quantitative estimate of drug-likeness (QED) is 0.745. The first-order valence-corrected chi connectivity index (χ1v) is 7.63. The smallest absolute Gasteiger partial charge is 0.310 e. The van der Waals surface area contributed by atoms with Gasteiger partial charge in [-0.1, -0.05) is 12.1 Å². The van der Waals surface area contributed by atoms with Crippen LogP contribution in [0.4, 0.5) is 5.69 Å². The predicted molar refractivity (Wildman–Crippen MR) is 78.7 cm³/mol. The number of benzene rings is 1. The molecule has 0 aromatic heterocycles. The summed E-state index contributed by atoms with van der Waals surface area (Å²) in [6, 6.07) is 7.59. The van der Waals surface area contributed by atoms with Crippen molar-refractivity contribution in [3.8, 4) is 5.75 Å². The van der Waals surface area contributed by atoms with Gasteiger partial charge in [0.05, 0.1) is 31.3 Å². The van der Waals surface area contributed by atoms with Crippen LogP contribution in [-0.4, -0.2) is 56.2 Å². The molecule has 0 spiro atoms. The van der Waals surface area contributed by atoms with Crippen LogP contribution in [-0.2, 0) is 14.3 Å². The van der Waals surface area contributed by atoms with Crippen molar-refractivity contribution in [2.45, 2.75) is 0 Å². The van der Waals surface area contributed by atoms with Gasteiger partial charge in [0.25, 0.3) is 0 Å². The molecule has 1 amide bonds. The summed E-state index contributed by atoms with van der Waals surface area (Å²) in [7, 11) is 0. The van der Waals surface area contributed by atoms with Gasteiger partial charge in [0.1, 0.15) is 12.4 Å². The lowest BCUT2D eigenvalue weighted by Crippen LogP contribution is -2.44. The molecule has 2 atom stereocenters. The standard InChI is InChI=1S/C16H18N2O4/c19-15(9-17-7-11-10-22-16(20)12(11)8-17)18-5-6-21-14-4-2-1-3-13(14)18/h1-4,11-12H,5-10H2/t11-,12-/m1/s1. The third-order valence-corrected chi connectivity index (χ3v) is 4.65. The molecule has 4 rings (SSSR count). The Kier molecular flexibility index (Phi) is 3.26. The number of likely N-dealkylation sites (tertiary alicyclic amines) is 1. The van der Waals surface area contributed by atoms with Crippen molar-refractivity contribution < 1.29 is 19.1 Å². The van der Waals surface area contributed by atoms with Crippen LogP contribution in [0, 0.1) is 11.8 Å². The van der Waals surface area contributed by atoms with Crippen molar-refractivity contribution in [3.05, 3.63) is 24.3 Å². The molecule has 0 unspecified atom stereocenters. The molecule has 2 saturated heterocycles. The Morgan fingerprint density at radius 1 is 1.23 bits per heavy atom. The van der Waals surface area contributed by atoms with E-state index in [1.54, 1.807) is 4.90 Å². The van der Waals surface area contributed by atoms with Gasteiger partial charge in [-0.3, -0.25) is 14.5 Å². The topological polar surface area (TPSA) is 59.1 Å². The zero-order valence-electron chi connectivity index (χ0n) is 12.2. The molecule has 0 radical (unpaired) electrons. The average molecular weight is 302 g/mol. The lowest BCUT2D eigenvalue weighted by molar-refractivity contribution is -0.141. The van der Waals surface area contributed by atoms with Crippen LogP contribution in [0.3, 0.4) is 0 Å². The van der Waals surface area contributed by atoms with Crippen LogP contribution in [0.15, 0.2) is 24.3 Å². The van der Waals surface area contributed by atoms with Gasteiger partial charge in [-0.2, -0.15) is 0 Å². The Morgan fingerprint density at radius 2 is 2.09 bits per heavy atom. The van der Waals surface area contributed by atoms with Gasteiger partial charge in [-0.05, 0) is 12.1 Å². The molecule has 3 aliphatic heterocycles. The van der Waals surface area contributed by atoms with Gasteiger partial charge < -0.3 is 14.4 Å². The summed E-state index contributed by atoms with van der Waals surface area (Å²) in [4.78, 5) is 28.1. The van der Waals surface area contributed by atoms with Gasteiger partial charge in [-0.25, -0.2) is 0 Å². The van der Waals surface area contributed by atoms with Gasteiger partial charge in [-0.15, -0.1) is 0 Å². The molecule has 116 valence electrons. The number of hydrogen-bond acceptors (Lipinski definition) is 5. The predicted octanol–water partition coefficient (Wildman–Crippen LogP) is 0.517. The van der Waals surface area contributed by atoms with E-state index in [9.17, 15) is 9.59 Å². The molecule has 0 saturated carbocycles. The number of rotatable bonds is 2. The number of ether oxygens (including phenoxy) is 2. The van der Waals surface area contributed by atoms with Crippen LogP contribution in [0.2, 0.25) is 0 Å². The molecule has 22 heavy (non-hydrogen) atoms. The minimum Gasteiger partial charge on any atom is -0.490 e. The first kappa shape index (κ1) is 13.6. The fourth-order valence-corrected chi connectivity index (χ4v) is 3.53. The van der Waals surface area contributed by atoms with Gasteiger partial charge in [0.2, 0.25) is 5.91 Å². The summed E-state index contributed by atoms with van der Waals surface area (Å²) < 4.78 is 10.6. The Balaban J connectivity index is 1.45. The SMILES string of the molecule is O=C1OC[C@H]2CN(CC(=O)N3CCOc4ccccc43)C[C@@H]12. The molecule has 0 N–H and O–H groups in total. The number of para-hydroxylation sites is 2. The molecule has 6 nitrogen and oxygen atoms in total. The monoisotopic (exact) mass is 302 g/mol. The van der Waals surface area contributed by atoms with Gasteiger partial charge in [0, 0.05) is 19.0 Å². The third kappa shape index (κ3) is 2.23. The first-order valence-electron chi connectivity index (χ1n) is 7.63. The summed E-state index contributed by atoms with van der Waals surface area (Å²) in [5.41, 5.74) is 0.831. The maximum absolute atomic E-state index is 12.6. The summed E-state index contributed by atoms with van der Waals surface area (Å²) in [5, 5.41) is 0. The van der Waals surface area contributed by atoms with Crippen molar-refractivity contribution in [2.75, 3.05) is 44.3 Å². The lowest BCUT2D eigenvalue weighted by Gasteiger charge is -2.30. The number of hydrogen-bond donors (Lipinski definition) is 0. The highest BCUT2D eigenvalue weighted by atomic mass is 16.5. The largest absolute Gasteiger partial charge is 0.490 e. The number of nitrogens with zero attached hydrogens (tertiary/aromatic N) is 2. The van der Waals surface area contributed by atoms with E-state index >= 15 is 0 Å². The molecular formula is C16H18N2O4. The highest BCUT2D eigenvalue weighted by Crippen LogP contribution is 2.32. The number of carbonyl (C=O) groups is 2. The van der Waals surface area contributed by atoms with Crippen molar-refractivity contribution in [1.82, 2.24) is 4.90 Å².